The molecule has 0 rings (SSSR count). The van der Waals surface area contributed by atoms with E-state index in [1.165, 1.54) is 0 Å². The third-order valence-corrected chi connectivity index (χ3v) is 4.04. The SMILES string of the molecule is CC(C)CCC(CC(=O)OCC(C)C)(CC(C)C)C(=O)OCC(C)C. The second-order valence-corrected chi connectivity index (χ2v) is 9.06. The Kier molecular flexibility index (Phi) is 11.0. The Balaban J connectivity index is 5.35. The van der Waals surface area contributed by atoms with Crippen LogP contribution < -0.4 is 0 Å². The van der Waals surface area contributed by atoms with Crippen LogP contribution in [-0.2, 0) is 19.1 Å². The van der Waals surface area contributed by atoms with Gasteiger partial charge in [0.15, 0.2) is 0 Å². The van der Waals surface area contributed by atoms with Crippen molar-refractivity contribution in [2.24, 2.45) is 29.1 Å². The smallest absolute Gasteiger partial charge is 0.312 e. The van der Waals surface area contributed by atoms with Gasteiger partial charge in [0.25, 0.3) is 0 Å². The van der Waals surface area contributed by atoms with Gasteiger partial charge in [0.05, 0.1) is 25.0 Å². The summed E-state index contributed by atoms with van der Waals surface area (Å²) < 4.78 is 11.0. The number of hydrogen-bond donors (Lipinski definition) is 0. The Bertz CT molecular complexity index is 399. The fourth-order valence-corrected chi connectivity index (χ4v) is 2.85. The molecule has 0 aliphatic rings. The zero-order valence-electron chi connectivity index (χ0n) is 17.7. The van der Waals surface area contributed by atoms with Crippen LogP contribution in [0.4, 0.5) is 0 Å². The molecule has 0 saturated heterocycles. The molecule has 0 heterocycles. The van der Waals surface area contributed by atoms with Gasteiger partial charge in [-0.25, -0.2) is 0 Å². The average Bonchev–Trinajstić information content (AvgIpc) is 2.47. The van der Waals surface area contributed by atoms with Gasteiger partial charge in [-0.3, -0.25) is 9.59 Å². The quantitative estimate of drug-likeness (QED) is 0.449. The molecule has 1 unspecified atom stereocenters. The summed E-state index contributed by atoms with van der Waals surface area (Å²) in [5.41, 5.74) is -0.776. The van der Waals surface area contributed by atoms with E-state index in [0.29, 0.717) is 37.9 Å². The molecular formula is C21H40O4. The van der Waals surface area contributed by atoms with E-state index in [-0.39, 0.29) is 30.2 Å². The van der Waals surface area contributed by atoms with Gasteiger partial charge in [0.1, 0.15) is 0 Å². The first-order chi connectivity index (χ1) is 11.5. The minimum Gasteiger partial charge on any atom is -0.465 e. The monoisotopic (exact) mass is 356 g/mol. The van der Waals surface area contributed by atoms with Crippen LogP contribution in [-0.4, -0.2) is 25.2 Å². The zero-order chi connectivity index (χ0) is 19.6. The van der Waals surface area contributed by atoms with E-state index in [2.05, 4.69) is 27.7 Å². The van der Waals surface area contributed by atoms with Crippen LogP contribution in [0.15, 0.2) is 0 Å². The van der Waals surface area contributed by atoms with Crippen molar-refractivity contribution in [3.63, 3.8) is 0 Å². The first kappa shape index (κ1) is 23.9. The number of hydrogen-bond acceptors (Lipinski definition) is 4. The van der Waals surface area contributed by atoms with Crippen molar-refractivity contribution >= 4 is 11.9 Å². The highest BCUT2D eigenvalue weighted by Crippen LogP contribution is 2.38. The third kappa shape index (κ3) is 10.5. The Morgan fingerprint density at radius 2 is 1.28 bits per heavy atom. The molecule has 0 aromatic rings. The summed E-state index contributed by atoms with van der Waals surface area (Å²) in [5, 5.41) is 0. The summed E-state index contributed by atoms with van der Waals surface area (Å²) in [7, 11) is 0. The topological polar surface area (TPSA) is 52.6 Å². The lowest BCUT2D eigenvalue weighted by atomic mass is 9.73. The van der Waals surface area contributed by atoms with Crippen molar-refractivity contribution in [3.05, 3.63) is 0 Å². The van der Waals surface area contributed by atoms with Gasteiger partial charge < -0.3 is 9.47 Å². The predicted octanol–water partition coefficient (Wildman–Crippen LogP) is 5.24. The van der Waals surface area contributed by atoms with E-state index in [1.807, 2.05) is 27.7 Å². The molecule has 0 bridgehead atoms. The molecule has 25 heavy (non-hydrogen) atoms. The fraction of sp³-hybridized carbons (Fsp3) is 0.905. The molecule has 0 N–H and O–H groups in total. The second kappa shape index (κ2) is 11.5. The van der Waals surface area contributed by atoms with Crippen molar-refractivity contribution in [1.82, 2.24) is 0 Å². The summed E-state index contributed by atoms with van der Waals surface area (Å²) in [5.74, 6) is 0.801. The number of ether oxygens (including phenoxy) is 2. The summed E-state index contributed by atoms with van der Waals surface area (Å²) in [6, 6.07) is 0. The number of rotatable bonds is 12. The second-order valence-electron chi connectivity index (χ2n) is 9.06. The van der Waals surface area contributed by atoms with Crippen molar-refractivity contribution < 1.29 is 19.1 Å². The number of carbonyl (C=O) groups is 2. The van der Waals surface area contributed by atoms with Crippen LogP contribution in [0.5, 0.6) is 0 Å². The van der Waals surface area contributed by atoms with Crippen molar-refractivity contribution in [2.45, 2.75) is 81.1 Å². The van der Waals surface area contributed by atoms with Crippen LogP contribution in [0.25, 0.3) is 0 Å². The van der Waals surface area contributed by atoms with E-state index >= 15 is 0 Å². The molecule has 4 nitrogen and oxygen atoms in total. The van der Waals surface area contributed by atoms with Crippen LogP contribution in [0.3, 0.4) is 0 Å². The van der Waals surface area contributed by atoms with Gasteiger partial charge in [0, 0.05) is 0 Å². The molecule has 0 spiro atoms. The first-order valence-electron chi connectivity index (χ1n) is 9.81. The molecule has 0 aromatic carbocycles. The van der Waals surface area contributed by atoms with Crippen LogP contribution in [0.1, 0.15) is 81.1 Å². The van der Waals surface area contributed by atoms with Crippen molar-refractivity contribution in [3.8, 4) is 0 Å². The Morgan fingerprint density at radius 1 is 0.760 bits per heavy atom. The highest BCUT2D eigenvalue weighted by atomic mass is 16.5. The Hall–Kier alpha value is -1.06. The molecule has 148 valence electrons. The van der Waals surface area contributed by atoms with Gasteiger partial charge in [-0.1, -0.05) is 55.4 Å². The molecule has 0 saturated carbocycles. The lowest BCUT2D eigenvalue weighted by Gasteiger charge is -2.33. The largest absolute Gasteiger partial charge is 0.465 e. The highest BCUT2D eigenvalue weighted by Gasteiger charge is 2.42. The molecule has 0 amide bonds. The van der Waals surface area contributed by atoms with E-state index in [9.17, 15) is 9.59 Å². The maximum absolute atomic E-state index is 13.0. The fourth-order valence-electron chi connectivity index (χ4n) is 2.85. The maximum atomic E-state index is 13.0. The summed E-state index contributed by atoms with van der Waals surface area (Å²) in [6.07, 6.45) is 2.31. The molecule has 0 aliphatic carbocycles. The van der Waals surface area contributed by atoms with E-state index in [4.69, 9.17) is 9.47 Å². The highest BCUT2D eigenvalue weighted by molar-refractivity contribution is 5.83. The molecular weight excluding hydrogens is 316 g/mol. The van der Waals surface area contributed by atoms with Gasteiger partial charge in [-0.15, -0.1) is 0 Å². The summed E-state index contributed by atoms with van der Waals surface area (Å²) in [6.45, 7) is 17.3. The minimum atomic E-state index is -0.776. The van der Waals surface area contributed by atoms with E-state index in [1.54, 1.807) is 0 Å². The van der Waals surface area contributed by atoms with Gasteiger partial charge in [-0.05, 0) is 42.9 Å². The Labute approximate surface area is 155 Å². The summed E-state index contributed by atoms with van der Waals surface area (Å²) >= 11 is 0. The number of carbonyl (C=O) groups excluding carboxylic acids is 2. The summed E-state index contributed by atoms with van der Waals surface area (Å²) in [4.78, 5) is 25.4. The van der Waals surface area contributed by atoms with E-state index < -0.39 is 5.41 Å². The minimum absolute atomic E-state index is 0.113. The molecule has 0 aliphatic heterocycles. The van der Waals surface area contributed by atoms with Crippen LogP contribution in [0.2, 0.25) is 0 Å². The lowest BCUT2D eigenvalue weighted by Crippen LogP contribution is -2.38. The molecule has 1 atom stereocenters. The van der Waals surface area contributed by atoms with Gasteiger partial charge in [-0.2, -0.15) is 0 Å². The molecule has 0 radical (unpaired) electrons. The Morgan fingerprint density at radius 3 is 1.72 bits per heavy atom. The number of esters is 2. The standard InChI is InChI=1S/C21H40O4/c1-15(2)9-10-21(11-16(3)4,20(23)25-14-18(7)8)12-19(22)24-13-17(5)6/h15-18H,9-14H2,1-8H3. The maximum Gasteiger partial charge on any atom is 0.312 e. The third-order valence-electron chi connectivity index (χ3n) is 4.04. The van der Waals surface area contributed by atoms with Crippen molar-refractivity contribution in [1.29, 1.82) is 0 Å². The van der Waals surface area contributed by atoms with Gasteiger partial charge in [0.2, 0.25) is 0 Å². The molecule has 0 aromatic heterocycles. The lowest BCUT2D eigenvalue weighted by molar-refractivity contribution is -0.166. The zero-order valence-corrected chi connectivity index (χ0v) is 17.7. The molecule has 4 heteroatoms. The average molecular weight is 357 g/mol. The first-order valence-corrected chi connectivity index (χ1v) is 9.81. The predicted molar refractivity (Wildman–Crippen MR) is 102 cm³/mol. The van der Waals surface area contributed by atoms with Crippen LogP contribution >= 0.6 is 0 Å². The molecule has 0 fully saturated rings. The van der Waals surface area contributed by atoms with Gasteiger partial charge >= 0.3 is 11.9 Å². The van der Waals surface area contributed by atoms with Crippen LogP contribution in [0, 0.1) is 29.1 Å². The normalized spacial score (nSPS) is 14.2. The van der Waals surface area contributed by atoms with Crippen molar-refractivity contribution in [2.75, 3.05) is 13.2 Å². The van der Waals surface area contributed by atoms with E-state index in [0.717, 1.165) is 6.42 Å².